The molecule has 0 aliphatic heterocycles. The van der Waals surface area contributed by atoms with Gasteiger partial charge in [-0.2, -0.15) is 0 Å². The summed E-state index contributed by atoms with van der Waals surface area (Å²) >= 11 is 0. The van der Waals surface area contributed by atoms with E-state index in [2.05, 4.69) is 6.92 Å². The minimum atomic E-state index is 0. The molecule has 0 bridgehead atoms. The summed E-state index contributed by atoms with van der Waals surface area (Å²) in [5.41, 5.74) is 5.37. The van der Waals surface area contributed by atoms with Crippen LogP contribution in [0.25, 0.3) is 0 Å². The molecular formula is C4H10ClN. The first kappa shape index (κ1) is 6.25. The van der Waals surface area contributed by atoms with Crippen LogP contribution in [0.5, 0.6) is 0 Å². The number of nitrogens with two attached hydrogens (primary N) is 1. The van der Waals surface area contributed by atoms with Gasteiger partial charge in [0.2, 0.25) is 0 Å². The van der Waals surface area contributed by atoms with Crippen molar-refractivity contribution in [2.75, 3.05) is 0 Å². The Balaban J connectivity index is 0.000000250. The molecule has 1 unspecified atom stereocenters. The van der Waals surface area contributed by atoms with E-state index in [4.69, 9.17) is 5.73 Å². The van der Waals surface area contributed by atoms with E-state index >= 15 is 0 Å². The van der Waals surface area contributed by atoms with E-state index in [0.717, 1.165) is 5.92 Å². The summed E-state index contributed by atoms with van der Waals surface area (Å²) in [7, 11) is 0. The van der Waals surface area contributed by atoms with Crippen LogP contribution in [0.4, 0.5) is 0 Å². The maximum atomic E-state index is 5.37. The molecule has 0 radical (unpaired) electrons. The van der Waals surface area contributed by atoms with Gasteiger partial charge >= 0.3 is 0 Å². The molecule has 0 spiro atoms. The van der Waals surface area contributed by atoms with Crippen molar-refractivity contribution >= 4 is 12.4 Å². The molecule has 2 atom stereocenters. The standard InChI is InChI=1S/C4H9N.ClH/c1-3-2-4(3)5;/h3-4H,2,5H2,1H3;1H/t3?,4-;/m0./s1. The lowest BCUT2D eigenvalue weighted by Gasteiger charge is -1.69. The summed E-state index contributed by atoms with van der Waals surface area (Å²) in [4.78, 5) is 0. The van der Waals surface area contributed by atoms with Crippen LogP contribution in [-0.2, 0) is 0 Å². The molecule has 1 nitrogen and oxygen atoms in total. The monoisotopic (exact) mass is 107 g/mol. The van der Waals surface area contributed by atoms with Crippen molar-refractivity contribution < 1.29 is 0 Å². The Labute approximate surface area is 44.3 Å². The van der Waals surface area contributed by atoms with Crippen molar-refractivity contribution in [2.45, 2.75) is 19.4 Å². The lowest BCUT2D eigenvalue weighted by Crippen LogP contribution is -1.98. The molecule has 2 heteroatoms. The van der Waals surface area contributed by atoms with Gasteiger partial charge in [0.15, 0.2) is 0 Å². The zero-order chi connectivity index (χ0) is 3.86. The summed E-state index contributed by atoms with van der Waals surface area (Å²) in [5.74, 6) is 0.829. The fraction of sp³-hybridized carbons (Fsp3) is 1.00. The van der Waals surface area contributed by atoms with Crippen molar-refractivity contribution in [3.63, 3.8) is 0 Å². The lowest BCUT2D eigenvalue weighted by molar-refractivity contribution is 0.895. The van der Waals surface area contributed by atoms with E-state index in [0.29, 0.717) is 6.04 Å². The highest BCUT2D eigenvalue weighted by Crippen LogP contribution is 2.25. The van der Waals surface area contributed by atoms with E-state index in [1.54, 1.807) is 0 Å². The Kier molecular flexibility index (Phi) is 1.88. The molecule has 6 heavy (non-hydrogen) atoms. The second-order valence-corrected chi connectivity index (χ2v) is 1.88. The average molecular weight is 108 g/mol. The predicted molar refractivity (Wildman–Crippen MR) is 29.0 cm³/mol. The Morgan fingerprint density at radius 1 is 1.67 bits per heavy atom. The molecule has 1 aliphatic rings. The zero-order valence-electron chi connectivity index (χ0n) is 3.85. The minimum Gasteiger partial charge on any atom is -0.327 e. The van der Waals surface area contributed by atoms with Crippen LogP contribution in [0.2, 0.25) is 0 Å². The summed E-state index contributed by atoms with van der Waals surface area (Å²) in [6.07, 6.45) is 1.25. The lowest BCUT2D eigenvalue weighted by atomic mass is 10.5. The van der Waals surface area contributed by atoms with Gasteiger partial charge in [-0.15, -0.1) is 12.4 Å². The van der Waals surface area contributed by atoms with E-state index in [-0.39, 0.29) is 12.4 Å². The van der Waals surface area contributed by atoms with Crippen LogP contribution in [-0.4, -0.2) is 6.04 Å². The first-order chi connectivity index (χ1) is 2.30. The van der Waals surface area contributed by atoms with Gasteiger partial charge < -0.3 is 5.73 Å². The molecule has 0 amide bonds. The quantitative estimate of drug-likeness (QED) is 0.486. The Morgan fingerprint density at radius 3 is 1.83 bits per heavy atom. The van der Waals surface area contributed by atoms with E-state index in [9.17, 15) is 0 Å². The molecule has 2 N–H and O–H groups in total. The molecule has 0 aromatic carbocycles. The molecule has 1 fully saturated rings. The van der Waals surface area contributed by atoms with Crippen molar-refractivity contribution in [1.82, 2.24) is 0 Å². The Bertz CT molecular complexity index is 40.8. The number of hydrogen-bond acceptors (Lipinski definition) is 1. The molecule has 1 rings (SSSR count). The van der Waals surface area contributed by atoms with Gasteiger partial charge in [-0.25, -0.2) is 0 Å². The maximum Gasteiger partial charge on any atom is 0.00682 e. The Morgan fingerprint density at radius 2 is 1.83 bits per heavy atom. The van der Waals surface area contributed by atoms with Crippen molar-refractivity contribution in [3.05, 3.63) is 0 Å². The van der Waals surface area contributed by atoms with Crippen LogP contribution in [0.15, 0.2) is 0 Å². The SMILES string of the molecule is CC1C[C@@H]1N.Cl. The van der Waals surface area contributed by atoms with Crippen LogP contribution in [0, 0.1) is 5.92 Å². The third kappa shape index (κ3) is 1.15. The third-order valence-corrected chi connectivity index (χ3v) is 1.17. The maximum absolute atomic E-state index is 5.37. The first-order valence-electron chi connectivity index (χ1n) is 2.06. The number of rotatable bonds is 0. The summed E-state index contributed by atoms with van der Waals surface area (Å²) in [5, 5.41) is 0. The zero-order valence-corrected chi connectivity index (χ0v) is 4.66. The van der Waals surface area contributed by atoms with Gasteiger partial charge in [-0.3, -0.25) is 0 Å². The molecule has 38 valence electrons. The van der Waals surface area contributed by atoms with Crippen molar-refractivity contribution in [3.8, 4) is 0 Å². The third-order valence-electron chi connectivity index (χ3n) is 1.17. The smallest absolute Gasteiger partial charge is 0.00682 e. The first-order valence-corrected chi connectivity index (χ1v) is 2.06. The molecule has 0 aromatic rings. The Hall–Kier alpha value is 0.250. The van der Waals surface area contributed by atoms with E-state index in [1.807, 2.05) is 0 Å². The highest BCUT2D eigenvalue weighted by Gasteiger charge is 2.27. The van der Waals surface area contributed by atoms with E-state index in [1.165, 1.54) is 6.42 Å². The van der Waals surface area contributed by atoms with Gasteiger partial charge in [0.25, 0.3) is 0 Å². The van der Waals surface area contributed by atoms with Crippen LogP contribution < -0.4 is 5.73 Å². The topological polar surface area (TPSA) is 26.0 Å². The molecule has 0 saturated heterocycles. The predicted octanol–water partition coefficient (Wildman–Crippen LogP) is 0.775. The fourth-order valence-corrected chi connectivity index (χ4v) is 0.351. The van der Waals surface area contributed by atoms with Gasteiger partial charge in [0.05, 0.1) is 0 Å². The molecule has 0 heterocycles. The second kappa shape index (κ2) is 1.80. The van der Waals surface area contributed by atoms with Gasteiger partial charge in [0.1, 0.15) is 0 Å². The normalized spacial score (nSPS) is 41.0. The highest BCUT2D eigenvalue weighted by molar-refractivity contribution is 5.85. The van der Waals surface area contributed by atoms with Crippen LogP contribution >= 0.6 is 12.4 Å². The summed E-state index contributed by atoms with van der Waals surface area (Å²) in [6, 6.07) is 0.551. The molecule has 0 aromatic heterocycles. The highest BCUT2D eigenvalue weighted by atomic mass is 35.5. The average Bonchev–Trinajstić information content (AvgIpc) is 1.79. The molecule has 1 saturated carbocycles. The fourth-order valence-electron chi connectivity index (χ4n) is 0.351. The summed E-state index contributed by atoms with van der Waals surface area (Å²) in [6.45, 7) is 2.17. The van der Waals surface area contributed by atoms with Gasteiger partial charge in [-0.1, -0.05) is 6.92 Å². The number of halogens is 1. The van der Waals surface area contributed by atoms with Crippen molar-refractivity contribution in [2.24, 2.45) is 11.7 Å². The van der Waals surface area contributed by atoms with Crippen molar-refractivity contribution in [1.29, 1.82) is 0 Å². The largest absolute Gasteiger partial charge is 0.327 e. The molecule has 1 aliphatic carbocycles. The van der Waals surface area contributed by atoms with Gasteiger partial charge in [-0.05, 0) is 12.3 Å². The number of hydrogen-bond donors (Lipinski definition) is 1. The minimum absolute atomic E-state index is 0. The van der Waals surface area contributed by atoms with E-state index < -0.39 is 0 Å². The second-order valence-electron chi connectivity index (χ2n) is 1.88. The summed E-state index contributed by atoms with van der Waals surface area (Å²) < 4.78 is 0. The van der Waals surface area contributed by atoms with Gasteiger partial charge in [0, 0.05) is 6.04 Å². The molecular weight excluding hydrogens is 97.5 g/mol. The van der Waals surface area contributed by atoms with Crippen LogP contribution in [0.3, 0.4) is 0 Å². The van der Waals surface area contributed by atoms with Crippen LogP contribution in [0.1, 0.15) is 13.3 Å².